The molecule has 2 aromatic carbocycles. The number of ether oxygens (including phenoxy) is 1. The van der Waals surface area contributed by atoms with Gasteiger partial charge in [-0.05, 0) is 42.5 Å². The molecule has 0 aliphatic heterocycles. The summed E-state index contributed by atoms with van der Waals surface area (Å²) in [7, 11) is 0. The molecule has 0 heterocycles. The van der Waals surface area contributed by atoms with Crippen LogP contribution in [-0.4, -0.2) is 29.8 Å². The largest absolute Gasteiger partial charge is 0.489 e. The first-order valence-electron chi connectivity index (χ1n) is 11.1. The first-order chi connectivity index (χ1) is 15.4. The Labute approximate surface area is 188 Å². The molecular weight excluding hydrogens is 406 g/mol. The summed E-state index contributed by atoms with van der Waals surface area (Å²) in [6.07, 6.45) is 2.80. The smallest absolute Gasteiger partial charge is 0.243 e. The molecule has 1 aliphatic rings. The molecule has 0 bridgehead atoms. The van der Waals surface area contributed by atoms with E-state index in [0.717, 1.165) is 29.7 Å². The summed E-state index contributed by atoms with van der Waals surface area (Å²) in [5.74, 6) is -0.538. The van der Waals surface area contributed by atoms with E-state index in [1.54, 1.807) is 6.92 Å². The minimum atomic E-state index is -0.678. The van der Waals surface area contributed by atoms with Crippen LogP contribution in [0.2, 0.25) is 0 Å². The monoisotopic (exact) mass is 437 g/mol. The first kappa shape index (κ1) is 23.3. The quantitative estimate of drug-likeness (QED) is 0.474. The summed E-state index contributed by atoms with van der Waals surface area (Å²) in [6.45, 7) is 2.17. The van der Waals surface area contributed by atoms with Gasteiger partial charge in [-0.3, -0.25) is 14.4 Å². The van der Waals surface area contributed by atoms with Gasteiger partial charge in [-0.15, -0.1) is 0 Å². The van der Waals surface area contributed by atoms with Crippen molar-refractivity contribution >= 4 is 17.7 Å². The van der Waals surface area contributed by atoms with Crippen molar-refractivity contribution in [3.63, 3.8) is 0 Å². The third-order valence-corrected chi connectivity index (χ3v) is 5.48. The van der Waals surface area contributed by atoms with E-state index < -0.39 is 11.9 Å². The lowest BCUT2D eigenvalue weighted by atomic mass is 10.0. The lowest BCUT2D eigenvalue weighted by Gasteiger charge is -2.19. The van der Waals surface area contributed by atoms with E-state index in [-0.39, 0.29) is 30.2 Å². The lowest BCUT2D eigenvalue weighted by molar-refractivity contribution is -0.129. The second-order valence-corrected chi connectivity index (χ2v) is 8.37. The van der Waals surface area contributed by atoms with Gasteiger partial charge in [-0.25, -0.2) is 0 Å². The van der Waals surface area contributed by atoms with Gasteiger partial charge in [0.2, 0.25) is 17.7 Å². The van der Waals surface area contributed by atoms with Crippen LogP contribution in [-0.2, 0) is 27.4 Å². The maximum atomic E-state index is 12.7. The molecule has 1 saturated carbocycles. The second-order valence-electron chi connectivity index (χ2n) is 8.37. The van der Waals surface area contributed by atoms with E-state index in [0.29, 0.717) is 19.4 Å². The maximum Gasteiger partial charge on any atom is 0.243 e. The highest BCUT2D eigenvalue weighted by molar-refractivity contribution is 5.88. The van der Waals surface area contributed by atoms with E-state index in [1.807, 2.05) is 54.6 Å². The molecule has 7 heteroatoms. The summed E-state index contributed by atoms with van der Waals surface area (Å²) < 4.78 is 5.81. The number of hydrogen-bond donors (Lipinski definition) is 3. The molecule has 0 saturated heterocycles. The fourth-order valence-corrected chi connectivity index (χ4v) is 3.19. The Hall–Kier alpha value is -3.35. The molecular formula is C25H31N3O4. The number of amides is 3. The highest BCUT2D eigenvalue weighted by atomic mass is 16.5. The molecule has 7 nitrogen and oxygen atoms in total. The topological polar surface area (TPSA) is 111 Å². The highest BCUT2D eigenvalue weighted by Crippen LogP contribution is 2.20. The Morgan fingerprint density at radius 1 is 1.03 bits per heavy atom. The summed E-state index contributed by atoms with van der Waals surface area (Å²) in [4.78, 5) is 36.3. The maximum absolute atomic E-state index is 12.7. The predicted molar refractivity (Wildman–Crippen MR) is 122 cm³/mol. The van der Waals surface area contributed by atoms with Gasteiger partial charge in [0.15, 0.2) is 0 Å². The normalized spacial score (nSPS) is 14.8. The molecule has 1 aliphatic carbocycles. The minimum Gasteiger partial charge on any atom is -0.489 e. The number of rotatable bonds is 12. The number of nitrogens with one attached hydrogen (secondary N) is 2. The van der Waals surface area contributed by atoms with Crippen molar-refractivity contribution in [1.82, 2.24) is 10.6 Å². The number of carbonyl (C=O) groups excluding carboxylic acids is 3. The van der Waals surface area contributed by atoms with Crippen LogP contribution in [0.4, 0.5) is 0 Å². The standard InChI is InChI=1S/C25H31N3O4/c1-17(24(26)30)7-14-23(29)28-22(25(31)27-20-10-11-20)15-18-8-12-21(13-9-18)32-16-19-5-3-2-4-6-19/h2-6,8-9,12-13,17,20,22H,7,10-11,14-16H2,1H3,(H2,26,30)(H,27,31)(H,28,29). The van der Waals surface area contributed by atoms with Crippen molar-refractivity contribution in [2.24, 2.45) is 11.7 Å². The third-order valence-electron chi connectivity index (χ3n) is 5.48. The van der Waals surface area contributed by atoms with Gasteiger partial charge in [0.25, 0.3) is 0 Å². The van der Waals surface area contributed by atoms with Gasteiger partial charge >= 0.3 is 0 Å². The summed E-state index contributed by atoms with van der Waals surface area (Å²) in [5, 5.41) is 5.78. The Morgan fingerprint density at radius 2 is 1.72 bits per heavy atom. The fourth-order valence-electron chi connectivity index (χ4n) is 3.19. The highest BCUT2D eigenvalue weighted by Gasteiger charge is 2.28. The van der Waals surface area contributed by atoms with E-state index in [9.17, 15) is 14.4 Å². The van der Waals surface area contributed by atoms with Gasteiger partial charge in [0.1, 0.15) is 18.4 Å². The second kappa shape index (κ2) is 11.3. The molecule has 1 fully saturated rings. The number of nitrogens with two attached hydrogens (primary N) is 1. The minimum absolute atomic E-state index is 0.142. The van der Waals surface area contributed by atoms with Gasteiger partial charge < -0.3 is 21.1 Å². The molecule has 3 rings (SSSR count). The molecule has 0 radical (unpaired) electrons. The summed E-state index contributed by atoms with van der Waals surface area (Å²) in [5.41, 5.74) is 7.26. The van der Waals surface area contributed by atoms with Crippen LogP contribution in [0, 0.1) is 5.92 Å². The zero-order chi connectivity index (χ0) is 22.9. The first-order valence-corrected chi connectivity index (χ1v) is 11.1. The van der Waals surface area contributed by atoms with Crippen molar-refractivity contribution in [3.8, 4) is 5.75 Å². The van der Waals surface area contributed by atoms with Crippen LogP contribution >= 0.6 is 0 Å². The van der Waals surface area contributed by atoms with Gasteiger partial charge in [0, 0.05) is 24.8 Å². The van der Waals surface area contributed by atoms with E-state index in [1.165, 1.54) is 0 Å². The van der Waals surface area contributed by atoms with Crippen molar-refractivity contribution in [2.75, 3.05) is 0 Å². The molecule has 3 amide bonds. The molecule has 0 aromatic heterocycles. The fraction of sp³-hybridized carbons (Fsp3) is 0.400. The lowest BCUT2D eigenvalue weighted by Crippen LogP contribution is -2.48. The number of carbonyl (C=O) groups is 3. The van der Waals surface area contributed by atoms with Crippen LogP contribution in [0.25, 0.3) is 0 Å². The molecule has 2 unspecified atom stereocenters. The third kappa shape index (κ3) is 7.72. The Bertz CT molecular complexity index is 911. The van der Waals surface area contributed by atoms with Crippen molar-refractivity contribution < 1.29 is 19.1 Å². The Kier molecular flexibility index (Phi) is 8.25. The average molecular weight is 438 g/mol. The molecule has 170 valence electrons. The number of benzene rings is 2. The van der Waals surface area contributed by atoms with Crippen LogP contribution in [0.15, 0.2) is 54.6 Å². The van der Waals surface area contributed by atoms with Crippen LogP contribution in [0.1, 0.15) is 43.7 Å². The molecule has 0 spiro atoms. The Balaban J connectivity index is 1.56. The average Bonchev–Trinajstić information content (AvgIpc) is 3.61. The van der Waals surface area contributed by atoms with Gasteiger partial charge in [-0.2, -0.15) is 0 Å². The van der Waals surface area contributed by atoms with E-state index >= 15 is 0 Å². The van der Waals surface area contributed by atoms with Crippen LogP contribution in [0.3, 0.4) is 0 Å². The van der Waals surface area contributed by atoms with E-state index in [2.05, 4.69) is 10.6 Å². The summed E-state index contributed by atoms with van der Waals surface area (Å²) >= 11 is 0. The molecule has 4 N–H and O–H groups in total. The molecule has 32 heavy (non-hydrogen) atoms. The number of primary amides is 1. The Morgan fingerprint density at radius 3 is 2.34 bits per heavy atom. The van der Waals surface area contributed by atoms with Crippen LogP contribution in [0.5, 0.6) is 5.75 Å². The number of hydrogen-bond acceptors (Lipinski definition) is 4. The van der Waals surface area contributed by atoms with Gasteiger partial charge in [0.05, 0.1) is 0 Å². The SMILES string of the molecule is CC(CCC(=O)NC(Cc1ccc(OCc2ccccc2)cc1)C(=O)NC1CC1)C(N)=O. The molecule has 2 aromatic rings. The van der Waals surface area contributed by atoms with Crippen molar-refractivity contribution in [1.29, 1.82) is 0 Å². The van der Waals surface area contributed by atoms with Crippen LogP contribution < -0.4 is 21.1 Å². The molecule has 2 atom stereocenters. The summed E-state index contributed by atoms with van der Waals surface area (Å²) in [6, 6.07) is 17.0. The zero-order valence-electron chi connectivity index (χ0n) is 18.4. The van der Waals surface area contributed by atoms with E-state index in [4.69, 9.17) is 10.5 Å². The van der Waals surface area contributed by atoms with Crippen molar-refractivity contribution in [2.45, 2.75) is 57.7 Å². The predicted octanol–water partition coefficient (Wildman–Crippen LogP) is 2.47. The zero-order valence-corrected chi connectivity index (χ0v) is 18.4. The van der Waals surface area contributed by atoms with Gasteiger partial charge in [-0.1, -0.05) is 49.4 Å². The van der Waals surface area contributed by atoms with Crippen molar-refractivity contribution in [3.05, 3.63) is 65.7 Å².